The van der Waals surface area contributed by atoms with E-state index in [4.69, 9.17) is 17.3 Å². The number of carbonyl (C=O) groups excluding carboxylic acids is 1. The molecule has 0 bridgehead atoms. The minimum absolute atomic E-state index is 0.0821. The van der Waals surface area contributed by atoms with Crippen molar-refractivity contribution in [3.63, 3.8) is 0 Å². The van der Waals surface area contributed by atoms with E-state index in [1.54, 1.807) is 18.0 Å². The first-order chi connectivity index (χ1) is 13.8. The Morgan fingerprint density at radius 2 is 2.07 bits per heavy atom. The van der Waals surface area contributed by atoms with Gasteiger partial charge in [-0.25, -0.2) is 0 Å². The zero-order valence-corrected chi connectivity index (χ0v) is 17.4. The number of nitriles is 1. The summed E-state index contributed by atoms with van der Waals surface area (Å²) < 4.78 is 2.24. The van der Waals surface area contributed by atoms with E-state index in [-0.39, 0.29) is 18.0 Å². The topological polar surface area (TPSA) is 87.9 Å². The van der Waals surface area contributed by atoms with Crippen LogP contribution in [0.1, 0.15) is 36.9 Å². The number of nitrogens with two attached hydrogens (primary N) is 1. The maximum Gasteiger partial charge on any atom is 0.219 e. The molecule has 2 N–H and O–H groups in total. The lowest BCUT2D eigenvalue weighted by Crippen LogP contribution is -2.45. The fraction of sp³-hybridized carbons (Fsp3) is 0.318. The molecule has 2 aromatic heterocycles. The third kappa shape index (κ3) is 3.12. The first-order valence-electron chi connectivity index (χ1n) is 9.49. The van der Waals surface area contributed by atoms with Crippen LogP contribution >= 0.6 is 11.6 Å². The van der Waals surface area contributed by atoms with Gasteiger partial charge in [0.05, 0.1) is 28.5 Å². The van der Waals surface area contributed by atoms with Crippen LogP contribution in [0.5, 0.6) is 0 Å². The summed E-state index contributed by atoms with van der Waals surface area (Å²) >= 11 is 6.49. The molecular weight excluding hydrogens is 386 g/mol. The molecule has 1 aliphatic rings. The lowest BCUT2D eigenvalue weighted by atomic mass is 9.85. The van der Waals surface area contributed by atoms with Crippen molar-refractivity contribution in [3.05, 3.63) is 46.9 Å². The van der Waals surface area contributed by atoms with Gasteiger partial charge >= 0.3 is 0 Å². The molecule has 3 aromatic rings. The number of halogens is 1. The van der Waals surface area contributed by atoms with Crippen molar-refractivity contribution >= 4 is 34.1 Å². The average Bonchev–Trinajstić information content (AvgIpc) is 2.99. The summed E-state index contributed by atoms with van der Waals surface area (Å²) in [4.78, 5) is 17.7. The van der Waals surface area contributed by atoms with Gasteiger partial charge in [-0.15, -0.1) is 0 Å². The summed E-state index contributed by atoms with van der Waals surface area (Å²) in [7, 11) is 1.85. The monoisotopic (exact) mass is 407 g/mol. The molecule has 1 aliphatic carbocycles. The number of aryl methyl sites for hydroxylation is 1. The molecule has 1 aromatic carbocycles. The van der Waals surface area contributed by atoms with Gasteiger partial charge in [0, 0.05) is 60.5 Å². The van der Waals surface area contributed by atoms with E-state index in [2.05, 4.69) is 21.8 Å². The fourth-order valence-electron chi connectivity index (χ4n) is 4.05. The molecule has 0 aliphatic heterocycles. The van der Waals surface area contributed by atoms with E-state index in [0.29, 0.717) is 16.3 Å². The molecule has 0 atom stereocenters. The summed E-state index contributed by atoms with van der Waals surface area (Å²) in [5.74, 6) is 0.0821. The zero-order valence-electron chi connectivity index (χ0n) is 16.6. The van der Waals surface area contributed by atoms with Crippen molar-refractivity contribution in [1.29, 1.82) is 5.26 Å². The minimum atomic E-state index is 0.0821. The normalized spacial score (nSPS) is 18.3. The van der Waals surface area contributed by atoms with E-state index in [9.17, 15) is 10.1 Å². The molecule has 0 unspecified atom stereocenters. The molecule has 4 rings (SSSR count). The predicted molar refractivity (Wildman–Crippen MR) is 115 cm³/mol. The number of rotatable bonds is 3. The second kappa shape index (κ2) is 7.09. The molecular formula is C22H22ClN5O. The molecule has 148 valence electrons. The molecule has 7 heteroatoms. The highest BCUT2D eigenvalue weighted by Gasteiger charge is 2.35. The van der Waals surface area contributed by atoms with Gasteiger partial charge < -0.3 is 15.2 Å². The van der Waals surface area contributed by atoms with Crippen molar-refractivity contribution < 1.29 is 4.79 Å². The number of amides is 1. The predicted octanol–water partition coefficient (Wildman–Crippen LogP) is 4.30. The zero-order chi connectivity index (χ0) is 20.9. The van der Waals surface area contributed by atoms with Gasteiger partial charge in [0.1, 0.15) is 0 Å². The highest BCUT2D eigenvalue weighted by Crippen LogP contribution is 2.43. The maximum absolute atomic E-state index is 11.7. The van der Waals surface area contributed by atoms with Crippen LogP contribution in [0.3, 0.4) is 0 Å². The lowest BCUT2D eigenvalue weighted by Gasteiger charge is -2.41. The van der Waals surface area contributed by atoms with Crippen molar-refractivity contribution in [2.75, 3.05) is 12.8 Å². The molecule has 6 nitrogen and oxygen atoms in total. The number of fused-ring (bicyclic) bond motifs is 1. The summed E-state index contributed by atoms with van der Waals surface area (Å²) in [6.45, 7) is 3.54. The highest BCUT2D eigenvalue weighted by molar-refractivity contribution is 6.36. The Bertz CT molecular complexity index is 1170. The quantitative estimate of drug-likeness (QED) is 0.701. The smallest absolute Gasteiger partial charge is 0.219 e. The Morgan fingerprint density at radius 1 is 1.34 bits per heavy atom. The van der Waals surface area contributed by atoms with Crippen LogP contribution in [-0.2, 0) is 4.79 Å². The molecule has 1 saturated carbocycles. The highest BCUT2D eigenvalue weighted by atomic mass is 35.5. The van der Waals surface area contributed by atoms with Crippen LogP contribution in [0.4, 0.5) is 5.69 Å². The van der Waals surface area contributed by atoms with Crippen molar-refractivity contribution in [3.8, 4) is 17.2 Å². The van der Waals surface area contributed by atoms with Gasteiger partial charge in [-0.2, -0.15) is 5.26 Å². The van der Waals surface area contributed by atoms with Crippen LogP contribution in [-0.4, -0.2) is 33.4 Å². The summed E-state index contributed by atoms with van der Waals surface area (Å²) in [6, 6.07) is 6.75. The largest absolute Gasteiger partial charge is 0.396 e. The molecule has 1 fully saturated rings. The number of pyridine rings is 1. The van der Waals surface area contributed by atoms with Crippen molar-refractivity contribution in [1.82, 2.24) is 14.5 Å². The van der Waals surface area contributed by atoms with Gasteiger partial charge in [0.25, 0.3) is 0 Å². The Hall–Kier alpha value is -3.04. The second-order valence-electron chi connectivity index (χ2n) is 7.75. The van der Waals surface area contributed by atoms with Gasteiger partial charge in [0.2, 0.25) is 5.91 Å². The number of nitrogens with zero attached hydrogens (tertiary/aromatic N) is 4. The van der Waals surface area contributed by atoms with Crippen LogP contribution in [0.25, 0.3) is 22.0 Å². The van der Waals surface area contributed by atoms with Crippen molar-refractivity contribution in [2.24, 2.45) is 0 Å². The van der Waals surface area contributed by atoms with E-state index >= 15 is 0 Å². The Labute approximate surface area is 174 Å². The van der Waals surface area contributed by atoms with Crippen LogP contribution in [0.2, 0.25) is 5.02 Å². The number of hydrogen-bond acceptors (Lipinski definition) is 4. The Morgan fingerprint density at radius 3 is 2.72 bits per heavy atom. The minimum Gasteiger partial charge on any atom is -0.396 e. The van der Waals surface area contributed by atoms with E-state index < -0.39 is 0 Å². The van der Waals surface area contributed by atoms with Gasteiger partial charge in [-0.3, -0.25) is 9.78 Å². The summed E-state index contributed by atoms with van der Waals surface area (Å²) in [6.07, 6.45) is 7.09. The number of benzene rings is 1. The van der Waals surface area contributed by atoms with Gasteiger partial charge in [-0.05, 0) is 37.5 Å². The fourth-order valence-corrected chi connectivity index (χ4v) is 4.25. The van der Waals surface area contributed by atoms with Gasteiger partial charge in [-0.1, -0.05) is 11.6 Å². The third-order valence-electron chi connectivity index (χ3n) is 6.02. The maximum atomic E-state index is 11.7. The molecule has 0 saturated heterocycles. The molecule has 0 spiro atoms. The number of carbonyl (C=O) groups is 1. The average molecular weight is 408 g/mol. The van der Waals surface area contributed by atoms with Gasteiger partial charge in [0.15, 0.2) is 0 Å². The first-order valence-corrected chi connectivity index (χ1v) is 9.87. The first kappa shape index (κ1) is 19.3. The van der Waals surface area contributed by atoms with Crippen LogP contribution in [0.15, 0.2) is 30.7 Å². The summed E-state index contributed by atoms with van der Waals surface area (Å²) in [5, 5.41) is 10.9. The van der Waals surface area contributed by atoms with Crippen LogP contribution in [0, 0.1) is 18.3 Å². The van der Waals surface area contributed by atoms with Crippen molar-refractivity contribution in [2.45, 2.75) is 38.8 Å². The Kier molecular flexibility index (Phi) is 4.71. The van der Waals surface area contributed by atoms with E-state index in [0.717, 1.165) is 40.4 Å². The second-order valence-corrected chi connectivity index (χ2v) is 8.12. The van der Waals surface area contributed by atoms with Crippen LogP contribution < -0.4 is 5.73 Å². The lowest BCUT2D eigenvalue weighted by molar-refractivity contribution is -0.131. The Balaban J connectivity index is 1.84. The van der Waals surface area contributed by atoms with E-state index in [1.165, 1.54) is 6.20 Å². The SMILES string of the molecule is CC(=O)N(C)C1CC(n2cc(-c3cncc(N)c3Cl)c3cc(C#N)c(C)cc32)C1. The molecule has 29 heavy (non-hydrogen) atoms. The standard InChI is InChI=1S/C22H22ClN5O/c1-12-4-21-17(5-14(12)8-24)19(18-9-26-10-20(25)22(18)23)11-28(21)16-6-15(7-16)27(3)13(2)29/h4-5,9-11,15-16H,6-7,25H2,1-3H3. The third-order valence-corrected chi connectivity index (χ3v) is 6.44. The van der Waals surface area contributed by atoms with E-state index in [1.807, 2.05) is 26.1 Å². The number of nitrogen functional groups attached to an aromatic ring is 1. The summed E-state index contributed by atoms with van der Waals surface area (Å²) in [5.41, 5.74) is 10.7. The molecule has 2 heterocycles. The number of aromatic nitrogens is 2. The number of hydrogen-bond donors (Lipinski definition) is 1. The molecule has 0 radical (unpaired) electrons. The molecule has 1 amide bonds. The number of anilines is 1.